The van der Waals surface area contributed by atoms with Gasteiger partial charge in [-0.3, -0.25) is 4.79 Å². The van der Waals surface area contributed by atoms with Crippen LogP contribution in [0.1, 0.15) is 45.2 Å². The van der Waals surface area contributed by atoms with Gasteiger partial charge in [0.25, 0.3) is 0 Å². The Balaban J connectivity index is 1.28. The largest absolute Gasteiger partial charge is 0.486 e. The highest BCUT2D eigenvalue weighted by atomic mass is 16.6. The molecule has 1 aromatic rings. The number of piperidine rings is 1. The molecule has 0 aromatic heterocycles. The van der Waals surface area contributed by atoms with E-state index in [1.807, 2.05) is 48.8 Å². The van der Waals surface area contributed by atoms with E-state index in [1.165, 1.54) is 0 Å². The number of likely N-dealkylation sites (tertiary alicyclic amines) is 1. The number of nitrogens with zero attached hydrogens (tertiary/aromatic N) is 2. The zero-order chi connectivity index (χ0) is 22.0. The fourth-order valence-corrected chi connectivity index (χ4v) is 4.63. The van der Waals surface area contributed by atoms with Gasteiger partial charge in [0, 0.05) is 32.1 Å². The van der Waals surface area contributed by atoms with Crippen molar-refractivity contribution in [1.82, 2.24) is 15.1 Å². The van der Waals surface area contributed by atoms with Crippen LogP contribution in [0.2, 0.25) is 0 Å². The van der Waals surface area contributed by atoms with Crippen LogP contribution in [0.3, 0.4) is 0 Å². The van der Waals surface area contributed by atoms with Gasteiger partial charge in [-0.25, -0.2) is 4.79 Å². The number of fused-ring (bicyclic) bond motifs is 1. The molecule has 3 aliphatic rings. The smallest absolute Gasteiger partial charge is 0.317 e. The van der Waals surface area contributed by atoms with E-state index >= 15 is 0 Å². The molecule has 0 radical (unpaired) electrons. The van der Waals surface area contributed by atoms with Crippen LogP contribution in [0.25, 0.3) is 0 Å². The van der Waals surface area contributed by atoms with E-state index in [2.05, 4.69) is 5.32 Å². The van der Waals surface area contributed by atoms with Crippen LogP contribution in [-0.2, 0) is 9.53 Å². The maximum Gasteiger partial charge on any atom is 0.317 e. The Morgan fingerprint density at radius 2 is 1.65 bits per heavy atom. The zero-order valence-electron chi connectivity index (χ0n) is 18.6. The van der Waals surface area contributed by atoms with Crippen LogP contribution in [0.4, 0.5) is 4.79 Å². The summed E-state index contributed by atoms with van der Waals surface area (Å²) in [5.74, 6) is 1.64. The Morgan fingerprint density at radius 3 is 2.32 bits per heavy atom. The van der Waals surface area contributed by atoms with Crippen molar-refractivity contribution in [3.63, 3.8) is 0 Å². The van der Waals surface area contributed by atoms with Crippen LogP contribution in [0, 0.1) is 5.92 Å². The summed E-state index contributed by atoms with van der Waals surface area (Å²) in [6, 6.07) is 5.51. The highest BCUT2D eigenvalue weighted by molar-refractivity contribution is 5.80. The number of carbonyl (C=O) groups excluding carboxylic acids is 2. The lowest BCUT2D eigenvalue weighted by atomic mass is 9.95. The third kappa shape index (κ3) is 5.06. The molecule has 4 rings (SSSR count). The van der Waals surface area contributed by atoms with Crippen molar-refractivity contribution < 1.29 is 23.8 Å². The molecule has 8 nitrogen and oxygen atoms in total. The van der Waals surface area contributed by atoms with E-state index in [9.17, 15) is 9.59 Å². The molecule has 3 aliphatic heterocycles. The summed E-state index contributed by atoms with van der Waals surface area (Å²) < 4.78 is 16.9. The molecule has 1 aromatic carbocycles. The molecule has 8 heteroatoms. The van der Waals surface area contributed by atoms with Gasteiger partial charge < -0.3 is 29.3 Å². The van der Waals surface area contributed by atoms with Crippen molar-refractivity contribution in [3.05, 3.63) is 23.8 Å². The number of hydrogen-bond donors (Lipinski definition) is 1. The van der Waals surface area contributed by atoms with Crippen molar-refractivity contribution in [2.24, 2.45) is 5.92 Å². The lowest BCUT2D eigenvalue weighted by molar-refractivity contribution is -0.148. The number of morpholine rings is 1. The molecule has 31 heavy (non-hydrogen) atoms. The third-order valence-corrected chi connectivity index (χ3v) is 6.27. The third-order valence-electron chi connectivity index (χ3n) is 6.27. The molecule has 0 spiro atoms. The minimum atomic E-state index is -0.154. The Labute approximate surface area is 183 Å². The molecule has 2 fully saturated rings. The van der Waals surface area contributed by atoms with E-state index in [1.54, 1.807) is 0 Å². The van der Waals surface area contributed by atoms with Crippen molar-refractivity contribution in [2.75, 3.05) is 39.4 Å². The lowest BCUT2D eigenvalue weighted by Crippen LogP contribution is -2.52. The molecule has 0 unspecified atom stereocenters. The van der Waals surface area contributed by atoms with E-state index in [-0.39, 0.29) is 36.1 Å². The Morgan fingerprint density at radius 1 is 1.00 bits per heavy atom. The van der Waals surface area contributed by atoms with E-state index in [0.717, 1.165) is 17.1 Å². The van der Waals surface area contributed by atoms with Gasteiger partial charge in [0.05, 0.1) is 18.2 Å². The standard InChI is InChI=1S/C23H33N3O5/c1-15-13-26(14-16(2)31-15)22(27)18-6-8-25(9-7-18)23(28)24-17(3)19-4-5-20-21(12-19)30-11-10-29-20/h4-5,12,15-18H,6-11,13-14H2,1-3H3,(H,24,28)/t15-,16+,17-/m1/s1. The molecule has 170 valence electrons. The molecule has 2 saturated heterocycles. The number of ether oxygens (including phenoxy) is 3. The molecule has 0 saturated carbocycles. The second-order valence-corrected chi connectivity index (χ2v) is 8.84. The van der Waals surface area contributed by atoms with Gasteiger partial charge in [-0.1, -0.05) is 6.07 Å². The first-order valence-corrected chi connectivity index (χ1v) is 11.3. The quantitative estimate of drug-likeness (QED) is 0.796. The van der Waals surface area contributed by atoms with Gasteiger partial charge in [0.2, 0.25) is 5.91 Å². The van der Waals surface area contributed by atoms with Gasteiger partial charge in [-0.2, -0.15) is 0 Å². The number of hydrogen-bond acceptors (Lipinski definition) is 5. The molecule has 3 amide bonds. The Kier molecular flexibility index (Phi) is 6.55. The minimum absolute atomic E-state index is 0.0169. The maximum absolute atomic E-state index is 12.9. The first kappa shape index (κ1) is 21.7. The van der Waals surface area contributed by atoms with Crippen LogP contribution in [0.15, 0.2) is 18.2 Å². The summed E-state index contributed by atoms with van der Waals surface area (Å²) in [6.07, 6.45) is 1.54. The summed E-state index contributed by atoms with van der Waals surface area (Å²) in [5, 5.41) is 3.07. The van der Waals surface area contributed by atoms with Crippen molar-refractivity contribution >= 4 is 11.9 Å². The van der Waals surface area contributed by atoms with Crippen LogP contribution >= 0.6 is 0 Å². The number of urea groups is 1. The molecular formula is C23H33N3O5. The van der Waals surface area contributed by atoms with Crippen LogP contribution in [-0.4, -0.2) is 73.3 Å². The number of rotatable bonds is 3. The highest BCUT2D eigenvalue weighted by Crippen LogP contribution is 2.32. The predicted molar refractivity (Wildman–Crippen MR) is 115 cm³/mol. The van der Waals surface area contributed by atoms with Gasteiger partial charge >= 0.3 is 6.03 Å². The maximum atomic E-state index is 12.9. The first-order valence-electron chi connectivity index (χ1n) is 11.3. The molecule has 0 bridgehead atoms. The van der Waals surface area contributed by atoms with E-state index in [0.29, 0.717) is 52.2 Å². The first-order chi connectivity index (χ1) is 14.9. The molecule has 3 heterocycles. The topological polar surface area (TPSA) is 80.3 Å². The molecule has 0 aliphatic carbocycles. The summed E-state index contributed by atoms with van der Waals surface area (Å²) in [7, 11) is 0. The molecule has 1 N–H and O–H groups in total. The van der Waals surface area contributed by atoms with Gasteiger partial charge in [0.1, 0.15) is 13.2 Å². The van der Waals surface area contributed by atoms with Gasteiger partial charge in [-0.05, 0) is 51.3 Å². The van der Waals surface area contributed by atoms with Crippen LogP contribution in [0.5, 0.6) is 11.5 Å². The van der Waals surface area contributed by atoms with Gasteiger partial charge in [0.15, 0.2) is 11.5 Å². The number of carbonyl (C=O) groups is 2. The highest BCUT2D eigenvalue weighted by Gasteiger charge is 2.33. The number of nitrogens with one attached hydrogen (secondary N) is 1. The summed E-state index contributed by atoms with van der Waals surface area (Å²) >= 11 is 0. The number of amides is 3. The zero-order valence-corrected chi connectivity index (χ0v) is 18.6. The van der Waals surface area contributed by atoms with E-state index in [4.69, 9.17) is 14.2 Å². The summed E-state index contributed by atoms with van der Waals surface area (Å²) in [6.45, 7) is 9.54. The SMILES string of the molecule is C[C@@H]1CN(C(=O)C2CCN(C(=O)N[C@H](C)c3ccc4c(c3)OCCO4)CC2)C[C@H](C)O1. The second kappa shape index (κ2) is 9.34. The van der Waals surface area contributed by atoms with Crippen molar-refractivity contribution in [3.8, 4) is 11.5 Å². The second-order valence-electron chi connectivity index (χ2n) is 8.84. The average Bonchev–Trinajstić information content (AvgIpc) is 2.77. The minimum Gasteiger partial charge on any atom is -0.486 e. The molecular weight excluding hydrogens is 398 g/mol. The average molecular weight is 432 g/mol. The van der Waals surface area contributed by atoms with Gasteiger partial charge in [-0.15, -0.1) is 0 Å². The monoisotopic (exact) mass is 431 g/mol. The van der Waals surface area contributed by atoms with Crippen molar-refractivity contribution in [2.45, 2.75) is 51.9 Å². The molecule has 3 atom stereocenters. The summed E-state index contributed by atoms with van der Waals surface area (Å²) in [4.78, 5) is 29.5. The lowest BCUT2D eigenvalue weighted by Gasteiger charge is -2.39. The normalized spacial score (nSPS) is 25.1. The summed E-state index contributed by atoms with van der Waals surface area (Å²) in [5.41, 5.74) is 0.971. The number of benzene rings is 1. The fourth-order valence-electron chi connectivity index (χ4n) is 4.63. The van der Waals surface area contributed by atoms with Crippen molar-refractivity contribution in [1.29, 1.82) is 0 Å². The van der Waals surface area contributed by atoms with Crippen LogP contribution < -0.4 is 14.8 Å². The van der Waals surface area contributed by atoms with E-state index < -0.39 is 0 Å². The predicted octanol–water partition coefficient (Wildman–Crippen LogP) is 2.58. The Bertz CT molecular complexity index is 798. The fraction of sp³-hybridized carbons (Fsp3) is 0.652. The Hall–Kier alpha value is -2.48.